The molecule has 3 atom stereocenters. The van der Waals surface area contributed by atoms with E-state index in [9.17, 15) is 0 Å². The third kappa shape index (κ3) is 3.52. The largest absolute Gasteiger partial charge is 0.373 e. The maximum absolute atomic E-state index is 6.21. The lowest BCUT2D eigenvalue weighted by atomic mass is 9.63. The second-order valence-corrected chi connectivity index (χ2v) is 12.1. The second-order valence-electron chi connectivity index (χ2n) is 12.1. The zero-order valence-electron chi connectivity index (χ0n) is 21.4. The maximum Gasteiger partial charge on any atom is 0.182 e. The summed E-state index contributed by atoms with van der Waals surface area (Å²) in [6, 6.07) is 0.589. The lowest BCUT2D eigenvalue weighted by molar-refractivity contribution is 0.00390. The molecule has 4 saturated carbocycles. The normalized spacial score (nSPS) is 32.4. The molecule has 1 aliphatic heterocycles. The van der Waals surface area contributed by atoms with E-state index in [4.69, 9.17) is 24.7 Å². The molecule has 0 amide bonds. The van der Waals surface area contributed by atoms with Gasteiger partial charge in [-0.1, -0.05) is 13.8 Å². The first-order valence-electron chi connectivity index (χ1n) is 13.6. The lowest BCUT2D eigenvalue weighted by Gasteiger charge is -2.42. The number of ether oxygens (including phenoxy) is 1. The molecule has 0 aromatic carbocycles. The molecule has 0 radical (unpaired) electrons. The van der Waals surface area contributed by atoms with Crippen LogP contribution in [0.3, 0.4) is 0 Å². The predicted octanol–water partition coefficient (Wildman–Crippen LogP) is 5.74. The van der Waals surface area contributed by atoms with Crippen molar-refractivity contribution in [2.45, 2.75) is 96.6 Å². The molecule has 7 nitrogen and oxygen atoms in total. The molecule has 3 aromatic rings. The van der Waals surface area contributed by atoms with Crippen molar-refractivity contribution in [1.29, 1.82) is 0 Å². The third-order valence-electron chi connectivity index (χ3n) is 9.66. The van der Waals surface area contributed by atoms with Gasteiger partial charge in [-0.2, -0.15) is 5.10 Å². The minimum Gasteiger partial charge on any atom is -0.373 e. The monoisotopic (exact) mass is 472 g/mol. The van der Waals surface area contributed by atoms with Crippen LogP contribution in [0.1, 0.15) is 111 Å². The highest BCUT2D eigenvalue weighted by atomic mass is 16.5. The van der Waals surface area contributed by atoms with E-state index in [1.807, 2.05) is 13.1 Å². The van der Waals surface area contributed by atoms with Gasteiger partial charge in [0.25, 0.3) is 0 Å². The van der Waals surface area contributed by atoms with Crippen LogP contribution in [0.4, 0.5) is 0 Å². The number of aromatic nitrogens is 6. The molecule has 7 heteroatoms. The molecule has 8 rings (SSSR count). The summed E-state index contributed by atoms with van der Waals surface area (Å²) in [5.74, 6) is 3.13. The fourth-order valence-corrected chi connectivity index (χ4v) is 6.98. The number of fused-ring (bicyclic) bond motifs is 2. The van der Waals surface area contributed by atoms with Crippen LogP contribution < -0.4 is 0 Å². The summed E-state index contributed by atoms with van der Waals surface area (Å²) < 4.78 is 8.32. The first-order valence-corrected chi connectivity index (χ1v) is 13.6. The van der Waals surface area contributed by atoms with Crippen molar-refractivity contribution >= 4 is 11.2 Å². The Bertz CT molecular complexity index is 1290. The first-order chi connectivity index (χ1) is 16.9. The molecule has 0 spiro atoms. The lowest BCUT2D eigenvalue weighted by Crippen LogP contribution is -2.33. The molecule has 5 aliphatic rings. The highest BCUT2D eigenvalue weighted by Gasteiger charge is 2.58. The highest BCUT2D eigenvalue weighted by Crippen LogP contribution is 2.68. The fourth-order valence-electron chi connectivity index (χ4n) is 6.98. The van der Waals surface area contributed by atoms with E-state index in [1.54, 1.807) is 0 Å². The van der Waals surface area contributed by atoms with Gasteiger partial charge in [0, 0.05) is 30.2 Å². The van der Waals surface area contributed by atoms with Crippen molar-refractivity contribution in [3.63, 3.8) is 0 Å². The molecular weight excluding hydrogens is 436 g/mol. The summed E-state index contributed by atoms with van der Waals surface area (Å²) in [6.07, 6.45) is 12.4. The Kier molecular flexibility index (Phi) is 4.86. The van der Waals surface area contributed by atoms with Crippen molar-refractivity contribution in [3.8, 4) is 0 Å². The van der Waals surface area contributed by atoms with Crippen LogP contribution in [0, 0.1) is 31.1 Å². The Morgan fingerprint density at radius 1 is 1.00 bits per heavy atom. The molecule has 4 aliphatic carbocycles. The van der Waals surface area contributed by atoms with Crippen molar-refractivity contribution in [2.75, 3.05) is 6.61 Å². The van der Waals surface area contributed by atoms with E-state index in [0.717, 1.165) is 65.4 Å². The van der Waals surface area contributed by atoms with Gasteiger partial charge < -0.3 is 4.74 Å². The van der Waals surface area contributed by atoms with Gasteiger partial charge in [-0.05, 0) is 76.0 Å². The predicted molar refractivity (Wildman–Crippen MR) is 133 cm³/mol. The van der Waals surface area contributed by atoms with Crippen LogP contribution in [-0.2, 0) is 4.74 Å². The summed E-state index contributed by atoms with van der Waals surface area (Å²) in [4.78, 5) is 20.3. The molecule has 1 unspecified atom stereocenters. The number of hydrogen-bond donors (Lipinski definition) is 0. The van der Waals surface area contributed by atoms with Gasteiger partial charge in [-0.25, -0.2) is 19.9 Å². The summed E-state index contributed by atoms with van der Waals surface area (Å²) in [7, 11) is 0. The van der Waals surface area contributed by atoms with Gasteiger partial charge in [0.15, 0.2) is 5.65 Å². The van der Waals surface area contributed by atoms with E-state index < -0.39 is 0 Å². The van der Waals surface area contributed by atoms with E-state index in [2.05, 4.69) is 36.7 Å². The molecule has 5 fully saturated rings. The summed E-state index contributed by atoms with van der Waals surface area (Å²) in [6.45, 7) is 9.59. The summed E-state index contributed by atoms with van der Waals surface area (Å²) >= 11 is 0. The van der Waals surface area contributed by atoms with Gasteiger partial charge in [0.05, 0.1) is 35.4 Å². The Morgan fingerprint density at radius 2 is 1.80 bits per heavy atom. The fraction of sp³-hybridized carbons (Fsp3) is 0.679. The number of rotatable bonds is 5. The second kappa shape index (κ2) is 7.79. The molecule has 3 aromatic heterocycles. The minimum atomic E-state index is 0.0540. The van der Waals surface area contributed by atoms with E-state index >= 15 is 0 Å². The van der Waals surface area contributed by atoms with Gasteiger partial charge in [-0.15, -0.1) is 0 Å². The van der Waals surface area contributed by atoms with Gasteiger partial charge >= 0.3 is 0 Å². The van der Waals surface area contributed by atoms with Crippen LogP contribution in [0.2, 0.25) is 0 Å². The zero-order valence-corrected chi connectivity index (χ0v) is 21.4. The maximum atomic E-state index is 6.21. The van der Waals surface area contributed by atoms with E-state index in [1.165, 1.54) is 37.7 Å². The van der Waals surface area contributed by atoms with Crippen LogP contribution in [-0.4, -0.2) is 36.3 Å². The highest BCUT2D eigenvalue weighted by molar-refractivity contribution is 5.74. The molecular formula is C28H36N6O. The molecule has 2 bridgehead atoms. The topological polar surface area (TPSA) is 78.6 Å². The number of hydrogen-bond acceptors (Lipinski definition) is 6. The van der Waals surface area contributed by atoms with Crippen LogP contribution in [0.25, 0.3) is 11.2 Å². The smallest absolute Gasteiger partial charge is 0.182 e. The number of nitrogens with zero attached hydrogens (tertiary/aromatic N) is 6. The average Bonchev–Trinajstić information content (AvgIpc) is 3.27. The summed E-state index contributed by atoms with van der Waals surface area (Å²) in [5, 5.41) is 4.60. The van der Waals surface area contributed by atoms with Crippen molar-refractivity contribution < 1.29 is 4.74 Å². The van der Waals surface area contributed by atoms with Crippen molar-refractivity contribution in [2.24, 2.45) is 17.3 Å². The minimum absolute atomic E-state index is 0.0540. The van der Waals surface area contributed by atoms with Crippen molar-refractivity contribution in [3.05, 3.63) is 40.9 Å². The number of aryl methyl sites for hydroxylation is 2. The zero-order chi connectivity index (χ0) is 23.9. The Balaban J connectivity index is 1.24. The van der Waals surface area contributed by atoms with E-state index in [-0.39, 0.29) is 12.0 Å². The standard InChI is InChI=1S/C28H36N6O/c1-15(2)28-10-19(11-28)22(12-28)24-25-27(31-17(4)16(3)30-25)33-26(32-24)18-7-8-35-23(9-18)20-13-29-34(14-20)21-5-6-21/h13-15,18-19,21-23H,5-12H2,1-4H3/t18-,19?,22?,23+,28?/m0/s1. The van der Waals surface area contributed by atoms with Gasteiger partial charge in [0.1, 0.15) is 11.3 Å². The molecule has 184 valence electrons. The first kappa shape index (κ1) is 21.8. The summed E-state index contributed by atoms with van der Waals surface area (Å²) in [5.41, 5.74) is 6.49. The van der Waals surface area contributed by atoms with Crippen LogP contribution >= 0.6 is 0 Å². The molecule has 1 saturated heterocycles. The quantitative estimate of drug-likeness (QED) is 0.471. The van der Waals surface area contributed by atoms with Crippen LogP contribution in [0.15, 0.2) is 12.4 Å². The third-order valence-corrected chi connectivity index (χ3v) is 9.66. The Hall–Kier alpha value is -2.41. The van der Waals surface area contributed by atoms with E-state index in [0.29, 0.717) is 17.4 Å². The van der Waals surface area contributed by atoms with Gasteiger partial charge in [-0.3, -0.25) is 4.68 Å². The SMILES string of the molecule is Cc1nc2nc([C@H]3CCO[C@@H](c4cnn(C5CC5)c4)C3)nc(C3CC4(C(C)C)CC3C4)c2nc1C. The molecule has 0 N–H and O–H groups in total. The van der Waals surface area contributed by atoms with Crippen LogP contribution in [0.5, 0.6) is 0 Å². The average molecular weight is 473 g/mol. The Labute approximate surface area is 207 Å². The Morgan fingerprint density at radius 3 is 2.54 bits per heavy atom. The molecule has 35 heavy (non-hydrogen) atoms. The van der Waals surface area contributed by atoms with Gasteiger partial charge in [0.2, 0.25) is 0 Å². The van der Waals surface area contributed by atoms with Crippen molar-refractivity contribution in [1.82, 2.24) is 29.7 Å². The molecule has 4 heterocycles.